The lowest BCUT2D eigenvalue weighted by atomic mass is 9.43. The van der Waals surface area contributed by atoms with E-state index < -0.39 is 11.2 Å². The maximum absolute atomic E-state index is 13.0. The minimum atomic E-state index is -0.710. The maximum atomic E-state index is 13.0. The van der Waals surface area contributed by atoms with Gasteiger partial charge in [0.2, 0.25) is 0 Å². The summed E-state index contributed by atoms with van der Waals surface area (Å²) >= 11 is 0. The van der Waals surface area contributed by atoms with Gasteiger partial charge in [-0.1, -0.05) is 13.8 Å². The SMILES string of the molecule is CC(C)(C)OC(=O)N1CCC(NC(=O)N[C@H]2CC[C@@]3(C)[C@H](CC[C@@H]4[C@@H]3CC[C@]3(C)[C@@H](c5ccc(=O)oc5)CC[C@]43O)C2)CC1. The number of amides is 3. The molecule has 4 aliphatic carbocycles. The predicted molar refractivity (Wildman–Crippen MR) is 167 cm³/mol. The van der Waals surface area contributed by atoms with Crippen molar-refractivity contribution >= 4 is 12.1 Å². The Hall–Kier alpha value is -2.55. The zero-order valence-electron chi connectivity index (χ0n) is 27.3. The number of urea groups is 1. The molecule has 9 nitrogen and oxygen atoms in total. The third-order valence-electron chi connectivity index (χ3n) is 12.8. The van der Waals surface area contributed by atoms with E-state index in [-0.39, 0.29) is 52.5 Å². The highest BCUT2D eigenvalue weighted by molar-refractivity contribution is 5.74. The van der Waals surface area contributed by atoms with Gasteiger partial charge in [0.15, 0.2) is 0 Å². The number of hydrogen-bond donors (Lipinski definition) is 3. The standard InChI is InChI=1S/C35H53N3O6/c1-32(2,3)44-31(41)38-18-13-24(14-19-38)36-30(40)37-25-10-15-33(4)23(20-25)7-8-28-27(33)11-16-34(5)26(12-17-35(28,34)42)22-6-9-29(39)43-21-22/h6,9,21,23-28,42H,7-8,10-20H2,1-5H3,(H2,36,37,40)/t23-,25+,26-,27+,28-,33+,34-,35+/m1/s1. The lowest BCUT2D eigenvalue weighted by molar-refractivity contribution is -0.201. The number of nitrogens with one attached hydrogen (secondary N) is 2. The summed E-state index contributed by atoms with van der Waals surface area (Å²) in [5, 5.41) is 19.0. The van der Waals surface area contributed by atoms with Gasteiger partial charge in [-0.25, -0.2) is 14.4 Å². The highest BCUT2D eigenvalue weighted by Gasteiger charge is 2.67. The summed E-state index contributed by atoms with van der Waals surface area (Å²) in [7, 11) is 0. The summed E-state index contributed by atoms with van der Waals surface area (Å²) < 4.78 is 10.7. The highest BCUT2D eigenvalue weighted by atomic mass is 16.6. The van der Waals surface area contributed by atoms with Crippen molar-refractivity contribution in [2.24, 2.45) is 28.6 Å². The number of hydrogen-bond acceptors (Lipinski definition) is 6. The summed E-state index contributed by atoms with van der Waals surface area (Å²) in [6.45, 7) is 11.5. The molecule has 9 heteroatoms. The Labute approximate surface area is 261 Å². The van der Waals surface area contributed by atoms with Crippen LogP contribution in [-0.4, -0.2) is 58.5 Å². The van der Waals surface area contributed by atoms with Crippen molar-refractivity contribution in [3.8, 4) is 0 Å². The van der Waals surface area contributed by atoms with E-state index in [1.165, 1.54) is 6.07 Å². The Morgan fingerprint density at radius 3 is 2.34 bits per heavy atom. The summed E-state index contributed by atoms with van der Waals surface area (Å²) in [6, 6.07) is 3.52. The maximum Gasteiger partial charge on any atom is 0.410 e. The van der Waals surface area contributed by atoms with Crippen molar-refractivity contribution in [3.63, 3.8) is 0 Å². The third-order valence-corrected chi connectivity index (χ3v) is 12.8. The number of aliphatic hydroxyl groups is 1. The van der Waals surface area contributed by atoms with Gasteiger partial charge in [-0.3, -0.25) is 0 Å². The molecule has 2 heterocycles. The molecule has 4 saturated carbocycles. The van der Waals surface area contributed by atoms with Gasteiger partial charge in [0.1, 0.15) is 5.60 Å². The third kappa shape index (κ3) is 5.56. The molecule has 44 heavy (non-hydrogen) atoms. The fourth-order valence-corrected chi connectivity index (χ4v) is 10.4. The van der Waals surface area contributed by atoms with Crippen LogP contribution in [0, 0.1) is 28.6 Å². The molecule has 0 bridgehead atoms. The van der Waals surface area contributed by atoms with Crippen LogP contribution in [0.15, 0.2) is 27.6 Å². The van der Waals surface area contributed by atoms with Crippen LogP contribution in [-0.2, 0) is 4.74 Å². The van der Waals surface area contributed by atoms with Gasteiger partial charge in [0.05, 0.1) is 11.9 Å². The number of nitrogens with zero attached hydrogens (tertiary/aromatic N) is 1. The molecule has 5 fully saturated rings. The van der Waals surface area contributed by atoms with Gasteiger partial charge in [-0.2, -0.15) is 0 Å². The van der Waals surface area contributed by atoms with Gasteiger partial charge in [-0.05, 0) is 132 Å². The Morgan fingerprint density at radius 2 is 1.66 bits per heavy atom. The lowest BCUT2D eigenvalue weighted by Gasteiger charge is -2.63. The molecular weight excluding hydrogens is 558 g/mol. The second-order valence-electron chi connectivity index (χ2n) is 16.2. The molecule has 5 aliphatic rings. The van der Waals surface area contributed by atoms with Crippen molar-refractivity contribution in [3.05, 3.63) is 34.4 Å². The number of piperidine rings is 1. The molecule has 8 atom stereocenters. The minimum Gasteiger partial charge on any atom is -0.444 e. The first-order valence-corrected chi connectivity index (χ1v) is 17.1. The summed E-state index contributed by atoms with van der Waals surface area (Å²) in [5.41, 5.74) is -0.566. The minimum absolute atomic E-state index is 0.0532. The van der Waals surface area contributed by atoms with Crippen molar-refractivity contribution in [2.45, 2.75) is 134 Å². The van der Waals surface area contributed by atoms with Gasteiger partial charge >= 0.3 is 17.7 Å². The van der Waals surface area contributed by atoms with E-state index >= 15 is 0 Å². The molecule has 0 radical (unpaired) electrons. The first kappa shape index (κ1) is 31.4. The number of carbonyl (C=O) groups is 2. The number of ether oxygens (including phenoxy) is 1. The van der Waals surface area contributed by atoms with Gasteiger partial charge < -0.3 is 29.8 Å². The predicted octanol–water partition coefficient (Wildman–Crippen LogP) is 5.95. The first-order chi connectivity index (χ1) is 20.7. The van der Waals surface area contributed by atoms with E-state index in [4.69, 9.17) is 9.15 Å². The molecule has 1 aromatic heterocycles. The van der Waals surface area contributed by atoms with Crippen LogP contribution in [0.5, 0.6) is 0 Å². The Morgan fingerprint density at radius 1 is 0.932 bits per heavy atom. The van der Waals surface area contributed by atoms with E-state index in [2.05, 4.69) is 24.5 Å². The van der Waals surface area contributed by atoms with Gasteiger partial charge in [0.25, 0.3) is 0 Å². The van der Waals surface area contributed by atoms with E-state index in [0.29, 0.717) is 24.9 Å². The molecule has 1 saturated heterocycles. The monoisotopic (exact) mass is 611 g/mol. The van der Waals surface area contributed by atoms with Gasteiger partial charge in [-0.15, -0.1) is 0 Å². The summed E-state index contributed by atoms with van der Waals surface area (Å²) in [4.78, 5) is 38.7. The zero-order valence-corrected chi connectivity index (χ0v) is 27.3. The molecule has 3 N–H and O–H groups in total. The molecule has 1 aromatic rings. The Bertz CT molecular complexity index is 1280. The fourth-order valence-electron chi connectivity index (χ4n) is 10.4. The van der Waals surface area contributed by atoms with E-state index in [0.717, 1.165) is 76.2 Å². The Kier molecular flexibility index (Phi) is 8.11. The second kappa shape index (κ2) is 11.4. The van der Waals surface area contributed by atoms with Crippen molar-refractivity contribution in [1.29, 1.82) is 0 Å². The molecular formula is C35H53N3O6. The van der Waals surface area contributed by atoms with Crippen LogP contribution in [0.3, 0.4) is 0 Å². The molecule has 0 unspecified atom stereocenters. The number of carbonyl (C=O) groups excluding carboxylic acids is 2. The van der Waals surface area contributed by atoms with E-state index in [9.17, 15) is 19.5 Å². The normalized spacial score (nSPS) is 39.0. The fraction of sp³-hybridized carbons (Fsp3) is 0.800. The van der Waals surface area contributed by atoms with Crippen LogP contribution in [0.2, 0.25) is 0 Å². The van der Waals surface area contributed by atoms with E-state index in [1.807, 2.05) is 26.8 Å². The van der Waals surface area contributed by atoms with Crippen molar-refractivity contribution < 1.29 is 23.8 Å². The zero-order chi connectivity index (χ0) is 31.5. The van der Waals surface area contributed by atoms with Crippen LogP contribution in [0.4, 0.5) is 9.59 Å². The average Bonchev–Trinajstić information content (AvgIpc) is 3.24. The second-order valence-corrected chi connectivity index (χ2v) is 16.2. The van der Waals surface area contributed by atoms with Crippen LogP contribution in [0.25, 0.3) is 0 Å². The molecule has 1 aliphatic heterocycles. The largest absolute Gasteiger partial charge is 0.444 e. The quantitative estimate of drug-likeness (QED) is 0.389. The number of rotatable bonds is 3. The highest BCUT2D eigenvalue weighted by Crippen LogP contribution is 2.70. The van der Waals surface area contributed by atoms with Crippen LogP contribution < -0.4 is 16.3 Å². The molecule has 0 aromatic carbocycles. The van der Waals surface area contributed by atoms with Gasteiger partial charge in [0, 0.05) is 36.7 Å². The molecule has 6 rings (SSSR count). The number of fused-ring (bicyclic) bond motifs is 5. The Balaban J connectivity index is 1.03. The number of likely N-dealkylation sites (tertiary alicyclic amines) is 1. The van der Waals surface area contributed by atoms with Crippen molar-refractivity contribution in [2.75, 3.05) is 13.1 Å². The molecule has 3 amide bonds. The van der Waals surface area contributed by atoms with Crippen LogP contribution >= 0.6 is 0 Å². The van der Waals surface area contributed by atoms with E-state index in [1.54, 1.807) is 11.2 Å². The van der Waals surface area contributed by atoms with Crippen molar-refractivity contribution in [1.82, 2.24) is 15.5 Å². The summed E-state index contributed by atoms with van der Waals surface area (Å²) in [6.07, 6.45) is 11.7. The average molecular weight is 612 g/mol. The lowest BCUT2D eigenvalue weighted by Crippen LogP contribution is -2.62. The van der Waals surface area contributed by atoms with Crippen LogP contribution in [0.1, 0.15) is 117 Å². The first-order valence-electron chi connectivity index (χ1n) is 17.1. The topological polar surface area (TPSA) is 121 Å². The smallest absolute Gasteiger partial charge is 0.410 e. The summed E-state index contributed by atoms with van der Waals surface area (Å²) in [5.74, 6) is 1.50. The molecule has 244 valence electrons. The molecule has 0 spiro atoms.